The van der Waals surface area contributed by atoms with Crippen LogP contribution < -0.4 is 9.61 Å². The first kappa shape index (κ1) is 25.2. The molecule has 1 aromatic carbocycles. The highest BCUT2D eigenvalue weighted by Crippen LogP contribution is 2.46. The lowest BCUT2D eigenvalue weighted by molar-refractivity contribution is -0.146. The minimum Gasteiger partial charge on any atom is -0.506 e. The molecule has 2 atom stereocenters. The number of nitrogens with zero attached hydrogens (tertiary/aromatic N) is 1. The van der Waals surface area contributed by atoms with Crippen molar-refractivity contribution < 1.29 is 33.4 Å². The lowest BCUT2D eigenvalue weighted by Gasteiger charge is -2.23. The van der Waals surface area contributed by atoms with E-state index in [1.165, 1.54) is 13.1 Å². The van der Waals surface area contributed by atoms with Gasteiger partial charge in [-0.25, -0.2) is 4.57 Å². The number of aliphatic hydroxyl groups is 1. The molecule has 180 valence electrons. The summed E-state index contributed by atoms with van der Waals surface area (Å²) in [6.07, 6.45) is 5.79. The second kappa shape index (κ2) is 11.6. The zero-order chi connectivity index (χ0) is 23.8. The van der Waals surface area contributed by atoms with Crippen LogP contribution in [0.5, 0.6) is 11.5 Å². The molecular formula is C23H31N2O7P. The third kappa shape index (κ3) is 7.01. The van der Waals surface area contributed by atoms with Crippen molar-refractivity contribution in [3.05, 3.63) is 53.3 Å². The van der Waals surface area contributed by atoms with E-state index in [1.807, 2.05) is 0 Å². The zero-order valence-electron chi connectivity index (χ0n) is 18.9. The number of aromatic nitrogens is 1. The molecule has 3 N–H and O–H groups in total. The van der Waals surface area contributed by atoms with Crippen LogP contribution >= 0.6 is 7.75 Å². The average Bonchev–Trinajstić information content (AvgIpc) is 3.32. The molecule has 0 unspecified atom stereocenters. The number of pyridine rings is 1. The van der Waals surface area contributed by atoms with Gasteiger partial charge in [0.2, 0.25) is 0 Å². The standard InChI is InChI=1S/C23H31N2O7P/c1-16-22(27)21(13-26)19(12-24-16)15-31-33(29,32-20-10-4-3-5-11-20)25-17(2)23(28)30-14-18-8-6-7-9-18/h3-5,10-12,17-18,26-27H,6-9,13-15H2,1-2H3,(H,25,29)/t17-,33-/m0/s1. The quantitative estimate of drug-likeness (QED) is 0.324. The van der Waals surface area contributed by atoms with Crippen LogP contribution in [-0.2, 0) is 31.8 Å². The Balaban J connectivity index is 1.72. The first-order chi connectivity index (χ1) is 15.8. The van der Waals surface area contributed by atoms with Crippen molar-refractivity contribution in [2.24, 2.45) is 5.92 Å². The van der Waals surface area contributed by atoms with E-state index in [4.69, 9.17) is 13.8 Å². The first-order valence-corrected chi connectivity index (χ1v) is 12.6. The Bertz CT molecular complexity index is 980. The van der Waals surface area contributed by atoms with Crippen molar-refractivity contribution in [2.45, 2.75) is 58.8 Å². The van der Waals surface area contributed by atoms with E-state index in [0.29, 0.717) is 23.8 Å². The third-order valence-electron chi connectivity index (χ3n) is 5.59. The van der Waals surface area contributed by atoms with E-state index in [1.54, 1.807) is 37.3 Å². The van der Waals surface area contributed by atoms with Gasteiger partial charge in [0.1, 0.15) is 17.5 Å². The summed E-state index contributed by atoms with van der Waals surface area (Å²) in [6, 6.07) is 7.47. The number of hydrogen-bond acceptors (Lipinski definition) is 8. The largest absolute Gasteiger partial charge is 0.506 e. The molecule has 1 aliphatic rings. The van der Waals surface area contributed by atoms with Crippen LogP contribution in [0.2, 0.25) is 0 Å². The molecule has 9 nitrogen and oxygen atoms in total. The number of aryl methyl sites for hydroxylation is 1. The Morgan fingerprint density at radius 1 is 1.27 bits per heavy atom. The van der Waals surface area contributed by atoms with Gasteiger partial charge in [0.25, 0.3) is 0 Å². The van der Waals surface area contributed by atoms with Crippen LogP contribution in [0.15, 0.2) is 36.5 Å². The summed E-state index contributed by atoms with van der Waals surface area (Å²) in [5.74, 6) is -0.0576. The van der Waals surface area contributed by atoms with Crippen molar-refractivity contribution in [3.8, 4) is 11.5 Å². The summed E-state index contributed by atoms with van der Waals surface area (Å²) < 4.78 is 30.2. The topological polar surface area (TPSA) is 127 Å². The fourth-order valence-corrected chi connectivity index (χ4v) is 5.11. The summed E-state index contributed by atoms with van der Waals surface area (Å²) in [4.78, 5) is 16.6. The van der Waals surface area contributed by atoms with Gasteiger partial charge in [-0.05, 0) is 44.7 Å². The number of rotatable bonds is 11. The second-order valence-electron chi connectivity index (χ2n) is 8.16. The van der Waals surface area contributed by atoms with Crippen molar-refractivity contribution in [1.82, 2.24) is 10.1 Å². The van der Waals surface area contributed by atoms with Gasteiger partial charge < -0.3 is 19.5 Å². The van der Waals surface area contributed by atoms with Gasteiger partial charge in [-0.15, -0.1) is 0 Å². The number of benzene rings is 1. The number of nitrogens with one attached hydrogen (secondary N) is 1. The summed E-state index contributed by atoms with van der Waals surface area (Å²) >= 11 is 0. The average molecular weight is 478 g/mol. The molecule has 0 aliphatic heterocycles. The lowest BCUT2D eigenvalue weighted by atomic mass is 10.1. The van der Waals surface area contributed by atoms with Gasteiger partial charge in [-0.1, -0.05) is 31.0 Å². The second-order valence-corrected chi connectivity index (χ2v) is 9.85. The summed E-state index contributed by atoms with van der Waals surface area (Å²) in [6.45, 7) is 2.74. The number of esters is 1. The normalized spacial score (nSPS) is 16.8. The third-order valence-corrected chi connectivity index (χ3v) is 7.21. The molecule has 2 aromatic rings. The van der Waals surface area contributed by atoms with E-state index < -0.39 is 26.4 Å². The van der Waals surface area contributed by atoms with E-state index in [2.05, 4.69) is 10.1 Å². The maximum absolute atomic E-state index is 13.6. The van der Waals surface area contributed by atoms with Crippen LogP contribution in [0.1, 0.15) is 49.4 Å². The number of aliphatic hydroxyl groups excluding tert-OH is 1. The van der Waals surface area contributed by atoms with Crippen LogP contribution in [0.3, 0.4) is 0 Å². The van der Waals surface area contributed by atoms with E-state index in [9.17, 15) is 19.6 Å². The van der Waals surface area contributed by atoms with Gasteiger partial charge in [-0.2, -0.15) is 5.09 Å². The Kier molecular flexibility index (Phi) is 8.86. The van der Waals surface area contributed by atoms with Crippen LogP contribution in [0, 0.1) is 12.8 Å². The van der Waals surface area contributed by atoms with Crippen molar-refractivity contribution in [3.63, 3.8) is 0 Å². The molecule has 0 bridgehead atoms. The minimum absolute atomic E-state index is 0.158. The molecule has 10 heteroatoms. The molecular weight excluding hydrogens is 447 g/mol. The molecule has 3 rings (SSSR count). The Labute approximate surface area is 193 Å². The summed E-state index contributed by atoms with van der Waals surface area (Å²) in [5, 5.41) is 22.4. The molecule has 1 fully saturated rings. The minimum atomic E-state index is -4.06. The molecule has 0 saturated heterocycles. The first-order valence-electron chi connectivity index (χ1n) is 11.0. The highest BCUT2D eigenvalue weighted by molar-refractivity contribution is 7.52. The van der Waals surface area contributed by atoms with Crippen LogP contribution in [-0.4, -0.2) is 33.8 Å². The van der Waals surface area contributed by atoms with Crippen molar-refractivity contribution in [2.75, 3.05) is 6.61 Å². The number of aromatic hydroxyl groups is 1. The van der Waals surface area contributed by atoms with Gasteiger partial charge in [0.15, 0.2) is 0 Å². The number of carbonyl (C=O) groups excluding carboxylic acids is 1. The van der Waals surface area contributed by atoms with Crippen molar-refractivity contribution >= 4 is 13.7 Å². The predicted octanol–water partition coefficient (Wildman–Crippen LogP) is 4.00. The highest BCUT2D eigenvalue weighted by atomic mass is 31.2. The maximum atomic E-state index is 13.6. The highest BCUT2D eigenvalue weighted by Gasteiger charge is 2.33. The molecule has 0 spiro atoms. The summed E-state index contributed by atoms with van der Waals surface area (Å²) in [7, 11) is -4.06. The Morgan fingerprint density at radius 2 is 1.97 bits per heavy atom. The van der Waals surface area contributed by atoms with Crippen LogP contribution in [0.25, 0.3) is 0 Å². The fraction of sp³-hybridized carbons (Fsp3) is 0.478. The lowest BCUT2D eigenvalue weighted by Crippen LogP contribution is -2.35. The fourth-order valence-electron chi connectivity index (χ4n) is 3.64. The van der Waals surface area contributed by atoms with E-state index in [0.717, 1.165) is 25.7 Å². The molecule has 1 aromatic heterocycles. The molecule has 1 aliphatic carbocycles. The monoisotopic (exact) mass is 478 g/mol. The smallest absolute Gasteiger partial charge is 0.459 e. The number of para-hydroxylation sites is 1. The van der Waals surface area contributed by atoms with Gasteiger partial charge in [0, 0.05) is 17.3 Å². The maximum Gasteiger partial charge on any atom is 0.459 e. The van der Waals surface area contributed by atoms with Gasteiger partial charge in [-0.3, -0.25) is 14.3 Å². The molecule has 1 heterocycles. The zero-order valence-corrected chi connectivity index (χ0v) is 19.8. The Morgan fingerprint density at radius 3 is 2.64 bits per heavy atom. The molecule has 1 saturated carbocycles. The van der Waals surface area contributed by atoms with E-state index >= 15 is 0 Å². The van der Waals surface area contributed by atoms with Gasteiger partial charge in [0.05, 0.1) is 25.5 Å². The number of carbonyl (C=O) groups is 1. The van der Waals surface area contributed by atoms with Gasteiger partial charge >= 0.3 is 13.7 Å². The number of hydrogen-bond donors (Lipinski definition) is 3. The van der Waals surface area contributed by atoms with Crippen molar-refractivity contribution in [1.29, 1.82) is 0 Å². The van der Waals surface area contributed by atoms with E-state index in [-0.39, 0.29) is 23.7 Å². The Hall–Kier alpha value is -2.45. The number of ether oxygens (including phenoxy) is 1. The summed E-state index contributed by atoms with van der Waals surface area (Å²) in [5.41, 5.74) is 0.914. The SMILES string of the molecule is Cc1ncc(CO[P@@](=O)(N[C@@H](C)C(=O)OCC2CCCC2)Oc2ccccc2)c(CO)c1O. The van der Waals surface area contributed by atoms with Crippen LogP contribution in [0.4, 0.5) is 0 Å². The molecule has 0 radical (unpaired) electrons. The molecule has 0 amide bonds. The molecule has 33 heavy (non-hydrogen) atoms. The predicted molar refractivity (Wildman–Crippen MR) is 122 cm³/mol.